The van der Waals surface area contributed by atoms with E-state index in [2.05, 4.69) is 31.3 Å². The predicted molar refractivity (Wildman–Crippen MR) is 128 cm³/mol. The lowest BCUT2D eigenvalue weighted by Gasteiger charge is -2.65. The fraction of sp³-hybridized carbons (Fsp3) is 0.500. The van der Waals surface area contributed by atoms with Crippen LogP contribution in [0.5, 0.6) is 0 Å². The largest absolute Gasteiger partial charge is 0.305 e. The third-order valence-electron chi connectivity index (χ3n) is 8.30. The highest BCUT2D eigenvalue weighted by molar-refractivity contribution is 5.61. The Hall–Kier alpha value is -2.53. The summed E-state index contributed by atoms with van der Waals surface area (Å²) in [5.74, 6) is 0.625. The van der Waals surface area contributed by atoms with Gasteiger partial charge in [0.25, 0.3) is 0 Å². The molecule has 1 N–H and O–H groups in total. The van der Waals surface area contributed by atoms with Crippen molar-refractivity contribution in [1.82, 2.24) is 20.3 Å². The quantitative estimate of drug-likeness (QED) is 0.509. The minimum Gasteiger partial charge on any atom is -0.305 e. The molecule has 2 aromatic carbocycles. The Bertz CT molecular complexity index is 1150. The van der Waals surface area contributed by atoms with Crippen LogP contribution in [0.1, 0.15) is 63.6 Å². The Labute approximate surface area is 195 Å². The molecule has 4 nitrogen and oxygen atoms in total. The lowest BCUT2D eigenvalue weighted by atomic mass is 9.43. The fourth-order valence-corrected chi connectivity index (χ4v) is 8.09. The second kappa shape index (κ2) is 7.49. The maximum atomic E-state index is 14.3. The molecule has 0 amide bonds. The van der Waals surface area contributed by atoms with Gasteiger partial charge in [-0.25, -0.2) is 4.39 Å². The molecule has 0 aliphatic heterocycles. The number of hydrogen-bond donors (Lipinski definition) is 1. The van der Waals surface area contributed by atoms with Crippen molar-refractivity contribution >= 4 is 0 Å². The van der Waals surface area contributed by atoms with Crippen LogP contribution in [0.25, 0.3) is 11.3 Å². The van der Waals surface area contributed by atoms with Gasteiger partial charge in [0.05, 0.1) is 6.54 Å². The Balaban J connectivity index is 1.29. The minimum absolute atomic E-state index is 0.201. The van der Waals surface area contributed by atoms with Crippen LogP contribution in [0.4, 0.5) is 4.39 Å². The van der Waals surface area contributed by atoms with Crippen LogP contribution >= 0.6 is 0 Å². The van der Waals surface area contributed by atoms with Crippen LogP contribution < -0.4 is 5.32 Å². The average Bonchev–Trinajstić information content (AvgIpc) is 3.15. The third kappa shape index (κ3) is 3.90. The predicted octanol–water partition coefficient (Wildman–Crippen LogP) is 5.97. The van der Waals surface area contributed by atoms with Crippen molar-refractivity contribution in [2.24, 2.45) is 16.7 Å². The summed E-state index contributed by atoms with van der Waals surface area (Å²) in [6.45, 7) is 6.04. The van der Waals surface area contributed by atoms with Crippen LogP contribution in [0.3, 0.4) is 0 Å². The molecule has 4 fully saturated rings. The van der Waals surface area contributed by atoms with Crippen molar-refractivity contribution in [3.8, 4) is 11.3 Å². The van der Waals surface area contributed by atoms with E-state index in [-0.39, 0.29) is 11.4 Å². The van der Waals surface area contributed by atoms with E-state index >= 15 is 0 Å². The van der Waals surface area contributed by atoms with Crippen molar-refractivity contribution in [2.45, 2.75) is 71.0 Å². The maximum Gasteiger partial charge on any atom is 0.128 e. The fourth-order valence-electron chi connectivity index (χ4n) is 8.09. The van der Waals surface area contributed by atoms with Gasteiger partial charge in [0, 0.05) is 23.2 Å². The van der Waals surface area contributed by atoms with Crippen molar-refractivity contribution in [3.05, 3.63) is 71.7 Å². The summed E-state index contributed by atoms with van der Waals surface area (Å²) in [7, 11) is 0. The van der Waals surface area contributed by atoms with Gasteiger partial charge in [-0.3, -0.25) is 0 Å². The van der Waals surface area contributed by atoms with Gasteiger partial charge in [0.1, 0.15) is 17.2 Å². The first-order valence-electron chi connectivity index (χ1n) is 12.3. The van der Waals surface area contributed by atoms with Crippen LogP contribution in [-0.4, -0.2) is 20.5 Å². The zero-order chi connectivity index (χ0) is 22.7. The summed E-state index contributed by atoms with van der Waals surface area (Å²) >= 11 is 0. The first kappa shape index (κ1) is 21.0. The molecule has 4 atom stereocenters. The number of rotatable bonds is 6. The van der Waals surface area contributed by atoms with Gasteiger partial charge < -0.3 is 5.32 Å². The zero-order valence-corrected chi connectivity index (χ0v) is 19.6. The molecule has 2 unspecified atom stereocenters. The van der Waals surface area contributed by atoms with E-state index < -0.39 is 0 Å². The molecule has 1 aromatic heterocycles. The summed E-state index contributed by atoms with van der Waals surface area (Å²) in [5, 5.41) is 13.7. The van der Waals surface area contributed by atoms with E-state index in [1.807, 2.05) is 24.3 Å². The molecular weight excluding hydrogens is 411 g/mol. The summed E-state index contributed by atoms with van der Waals surface area (Å²) in [5.41, 5.74) is 4.63. The number of halogens is 1. The van der Waals surface area contributed by atoms with Crippen LogP contribution in [0, 0.1) is 22.6 Å². The monoisotopic (exact) mass is 444 g/mol. The zero-order valence-electron chi connectivity index (χ0n) is 19.6. The normalized spacial score (nSPS) is 32.4. The molecule has 172 valence electrons. The van der Waals surface area contributed by atoms with Gasteiger partial charge >= 0.3 is 0 Å². The second-order valence-electron chi connectivity index (χ2n) is 11.7. The van der Waals surface area contributed by atoms with Gasteiger partial charge in [-0.1, -0.05) is 62.4 Å². The summed E-state index contributed by atoms with van der Waals surface area (Å²) in [6.07, 6.45) is 7.95. The molecule has 5 heteroatoms. The minimum atomic E-state index is -0.217. The lowest BCUT2D eigenvalue weighted by Crippen LogP contribution is -2.63. The molecule has 1 heterocycles. The highest BCUT2D eigenvalue weighted by Gasteiger charge is 2.59. The Morgan fingerprint density at radius 1 is 0.909 bits per heavy atom. The molecule has 7 rings (SSSR count). The standard InChI is InChI=1S/C28H33FN4/c1-26-12-20-13-27(2,17-26)19-28(14-20,18-26)30-15-24-25(21-8-4-3-5-9-21)32-33(31-24)16-22-10-6-7-11-23(22)29/h3-11,20,30H,12-19H2,1-2H3/t20?,26-,27+,28?. The second-order valence-corrected chi connectivity index (χ2v) is 11.7. The summed E-state index contributed by atoms with van der Waals surface area (Å²) in [4.78, 5) is 1.65. The van der Waals surface area contributed by atoms with Gasteiger partial charge in [-0.2, -0.15) is 15.0 Å². The lowest BCUT2D eigenvalue weighted by molar-refractivity contribution is -0.118. The third-order valence-corrected chi connectivity index (χ3v) is 8.30. The van der Waals surface area contributed by atoms with E-state index in [1.54, 1.807) is 16.9 Å². The number of benzene rings is 2. The molecule has 4 aliphatic rings. The van der Waals surface area contributed by atoms with Crippen molar-refractivity contribution in [2.75, 3.05) is 0 Å². The smallest absolute Gasteiger partial charge is 0.128 e. The first-order valence-corrected chi connectivity index (χ1v) is 12.3. The van der Waals surface area contributed by atoms with Gasteiger partial charge in [-0.05, 0) is 61.3 Å². The number of hydrogen-bond acceptors (Lipinski definition) is 3. The maximum absolute atomic E-state index is 14.3. The van der Waals surface area contributed by atoms with E-state index in [1.165, 1.54) is 44.6 Å². The van der Waals surface area contributed by atoms with Crippen molar-refractivity contribution in [1.29, 1.82) is 0 Å². The molecule has 4 saturated carbocycles. The van der Waals surface area contributed by atoms with E-state index in [4.69, 9.17) is 10.2 Å². The van der Waals surface area contributed by atoms with Gasteiger partial charge in [0.2, 0.25) is 0 Å². The summed E-state index contributed by atoms with van der Waals surface area (Å²) in [6, 6.07) is 17.1. The molecule has 3 aromatic rings. The van der Waals surface area contributed by atoms with E-state index in [9.17, 15) is 4.39 Å². The van der Waals surface area contributed by atoms with Crippen LogP contribution in [0.2, 0.25) is 0 Å². The topological polar surface area (TPSA) is 42.7 Å². The number of nitrogens with zero attached hydrogens (tertiary/aromatic N) is 3. The number of aromatic nitrogens is 3. The Kier molecular flexibility index (Phi) is 4.77. The molecule has 0 spiro atoms. The van der Waals surface area contributed by atoms with Crippen molar-refractivity contribution < 1.29 is 4.39 Å². The molecule has 0 saturated heterocycles. The van der Waals surface area contributed by atoms with Crippen LogP contribution in [0.15, 0.2) is 54.6 Å². The SMILES string of the molecule is C[C@]12CC3CC(NCc4nn(Cc5ccccc5F)nc4-c4ccccc4)(C1)C[C@@](C)(C3)C2. The number of nitrogens with one attached hydrogen (secondary N) is 1. The summed E-state index contributed by atoms with van der Waals surface area (Å²) < 4.78 is 14.3. The highest BCUT2D eigenvalue weighted by Crippen LogP contribution is 2.66. The van der Waals surface area contributed by atoms with E-state index in [0.717, 1.165) is 22.9 Å². The highest BCUT2D eigenvalue weighted by atomic mass is 19.1. The molecule has 4 aliphatic carbocycles. The molecule has 33 heavy (non-hydrogen) atoms. The van der Waals surface area contributed by atoms with Gasteiger partial charge in [-0.15, -0.1) is 0 Å². The molecule has 0 radical (unpaired) electrons. The molecule has 4 bridgehead atoms. The Morgan fingerprint density at radius 2 is 1.61 bits per heavy atom. The van der Waals surface area contributed by atoms with Crippen LogP contribution in [-0.2, 0) is 13.1 Å². The first-order chi connectivity index (χ1) is 15.8. The van der Waals surface area contributed by atoms with E-state index in [0.29, 0.717) is 29.5 Å². The van der Waals surface area contributed by atoms with Gasteiger partial charge in [0.15, 0.2) is 0 Å². The molecular formula is C28H33FN4. The average molecular weight is 445 g/mol. The van der Waals surface area contributed by atoms with Crippen molar-refractivity contribution in [3.63, 3.8) is 0 Å². The Morgan fingerprint density at radius 3 is 2.30 bits per heavy atom.